The van der Waals surface area contributed by atoms with E-state index in [0.29, 0.717) is 38.6 Å². The summed E-state index contributed by atoms with van der Waals surface area (Å²) in [5, 5.41) is 4.74. The van der Waals surface area contributed by atoms with Gasteiger partial charge in [-0.1, -0.05) is 0 Å². The van der Waals surface area contributed by atoms with Gasteiger partial charge in [0.2, 0.25) is 0 Å². The maximum Gasteiger partial charge on any atom is 0.119 e. The summed E-state index contributed by atoms with van der Waals surface area (Å²) in [6, 6.07) is 18.1. The fourth-order valence-electron chi connectivity index (χ4n) is 3.79. The Morgan fingerprint density at radius 1 is 0.676 bits per heavy atom. The summed E-state index contributed by atoms with van der Waals surface area (Å²) in [6.45, 7) is 5.99. The first-order valence-corrected chi connectivity index (χ1v) is 13.2. The summed E-state index contributed by atoms with van der Waals surface area (Å²) >= 11 is 0. The predicted molar refractivity (Wildman–Crippen MR) is 140 cm³/mol. The molecular weight excluding hydrogens is 472 g/mol. The molecule has 2 saturated heterocycles. The molecule has 2 aliphatic rings. The van der Waals surface area contributed by atoms with Gasteiger partial charge in [0.15, 0.2) is 0 Å². The standard InChI is InChI=1S/C29H36N2O6/c1(15-32-19-27-21-36-27)3-17-34-25-9-5-23(6-10-25)29-13-14-31(30-29)24-7-11-26(12-8-24)35-18-4-2-16-33-20-28-22-37-28/h5-14,27-28H,1-4,15-22H2. The molecule has 37 heavy (non-hydrogen) atoms. The van der Waals surface area contributed by atoms with Crippen LogP contribution >= 0.6 is 0 Å². The molecule has 1 aromatic heterocycles. The number of rotatable bonds is 18. The van der Waals surface area contributed by atoms with Gasteiger partial charge >= 0.3 is 0 Å². The fraction of sp³-hybridized carbons (Fsp3) is 0.483. The average Bonchev–Trinajstić information content (AvgIpc) is 3.87. The Kier molecular flexibility index (Phi) is 9.44. The summed E-state index contributed by atoms with van der Waals surface area (Å²) in [5.41, 5.74) is 2.96. The van der Waals surface area contributed by atoms with Crippen molar-refractivity contribution in [3.05, 3.63) is 60.8 Å². The lowest BCUT2D eigenvalue weighted by atomic mass is 10.1. The van der Waals surface area contributed by atoms with Crippen LogP contribution in [0.25, 0.3) is 16.9 Å². The van der Waals surface area contributed by atoms with Crippen LogP contribution in [0.3, 0.4) is 0 Å². The first-order valence-electron chi connectivity index (χ1n) is 13.2. The molecule has 2 aliphatic heterocycles. The van der Waals surface area contributed by atoms with Gasteiger partial charge in [-0.3, -0.25) is 0 Å². The summed E-state index contributed by atoms with van der Waals surface area (Å²) in [4.78, 5) is 0. The summed E-state index contributed by atoms with van der Waals surface area (Å²) in [5.74, 6) is 1.73. The Morgan fingerprint density at radius 2 is 1.19 bits per heavy atom. The quantitative estimate of drug-likeness (QED) is 0.182. The van der Waals surface area contributed by atoms with Crippen LogP contribution in [-0.4, -0.2) is 74.8 Å². The Hall–Kier alpha value is -2.91. The molecule has 0 spiro atoms. The highest BCUT2D eigenvalue weighted by Crippen LogP contribution is 2.23. The number of ether oxygens (including phenoxy) is 6. The van der Waals surface area contributed by atoms with Crippen LogP contribution in [-0.2, 0) is 18.9 Å². The van der Waals surface area contributed by atoms with E-state index in [2.05, 4.69) is 0 Å². The van der Waals surface area contributed by atoms with Gasteiger partial charge in [-0.2, -0.15) is 5.10 Å². The van der Waals surface area contributed by atoms with Crippen molar-refractivity contribution in [3.8, 4) is 28.4 Å². The molecule has 8 heteroatoms. The molecule has 0 bridgehead atoms. The Bertz CT molecular complexity index is 977. The van der Waals surface area contributed by atoms with Crippen LogP contribution in [0.2, 0.25) is 0 Å². The number of hydrogen-bond acceptors (Lipinski definition) is 7. The molecule has 3 aromatic rings. The van der Waals surface area contributed by atoms with E-state index in [1.165, 1.54) is 0 Å². The number of epoxide rings is 2. The molecular formula is C29H36N2O6. The van der Waals surface area contributed by atoms with Gasteiger partial charge in [0.05, 0.1) is 51.0 Å². The molecule has 0 aliphatic carbocycles. The van der Waals surface area contributed by atoms with Gasteiger partial charge in [-0.05, 0) is 80.3 Å². The normalized spacial score (nSPS) is 18.1. The van der Waals surface area contributed by atoms with E-state index < -0.39 is 0 Å². The van der Waals surface area contributed by atoms with E-state index in [9.17, 15) is 0 Å². The number of nitrogens with zero attached hydrogens (tertiary/aromatic N) is 2. The van der Waals surface area contributed by atoms with Crippen molar-refractivity contribution < 1.29 is 28.4 Å². The van der Waals surface area contributed by atoms with Crippen molar-refractivity contribution >= 4 is 0 Å². The Labute approximate surface area is 218 Å². The summed E-state index contributed by atoms with van der Waals surface area (Å²) in [6.07, 6.45) is 6.54. The van der Waals surface area contributed by atoms with Crippen molar-refractivity contribution in [1.82, 2.24) is 9.78 Å². The third-order valence-corrected chi connectivity index (χ3v) is 6.16. The van der Waals surface area contributed by atoms with Crippen molar-refractivity contribution in [3.63, 3.8) is 0 Å². The van der Waals surface area contributed by atoms with Crippen LogP contribution < -0.4 is 9.47 Å². The van der Waals surface area contributed by atoms with Crippen molar-refractivity contribution in [2.24, 2.45) is 0 Å². The van der Waals surface area contributed by atoms with E-state index >= 15 is 0 Å². The predicted octanol–water partition coefficient (Wildman–Crippen LogP) is 4.69. The lowest BCUT2D eigenvalue weighted by Gasteiger charge is -2.08. The zero-order chi connectivity index (χ0) is 25.1. The van der Waals surface area contributed by atoms with Crippen LogP contribution in [0.5, 0.6) is 11.5 Å². The molecule has 2 aromatic carbocycles. The maximum atomic E-state index is 5.86. The van der Waals surface area contributed by atoms with E-state index in [1.54, 1.807) is 0 Å². The van der Waals surface area contributed by atoms with Gasteiger partial charge in [0.1, 0.15) is 23.7 Å². The van der Waals surface area contributed by atoms with E-state index in [1.807, 2.05) is 65.5 Å². The highest BCUT2D eigenvalue weighted by molar-refractivity contribution is 5.60. The minimum atomic E-state index is 0.333. The Balaban J connectivity index is 0.999. The highest BCUT2D eigenvalue weighted by atomic mass is 16.6. The first-order chi connectivity index (χ1) is 18.3. The molecule has 0 saturated carbocycles. The number of aromatic nitrogens is 2. The van der Waals surface area contributed by atoms with Gasteiger partial charge in [0.25, 0.3) is 0 Å². The molecule has 2 unspecified atom stereocenters. The van der Waals surface area contributed by atoms with E-state index in [-0.39, 0.29) is 0 Å². The second kappa shape index (κ2) is 13.6. The maximum absolute atomic E-state index is 5.86. The molecule has 198 valence electrons. The van der Waals surface area contributed by atoms with Crippen LogP contribution in [0.4, 0.5) is 0 Å². The lowest BCUT2D eigenvalue weighted by Crippen LogP contribution is -2.05. The number of benzene rings is 2. The number of unbranched alkanes of at least 4 members (excludes halogenated alkanes) is 2. The SMILES string of the molecule is c1cc(-c2ccn(-c3ccc(OCCCCOCC4CO4)cc3)n2)ccc1OCCCCOCC1CO1. The molecule has 3 heterocycles. The van der Waals surface area contributed by atoms with Crippen molar-refractivity contribution in [2.45, 2.75) is 37.9 Å². The Morgan fingerprint density at radius 3 is 1.73 bits per heavy atom. The minimum Gasteiger partial charge on any atom is -0.494 e. The second-order valence-corrected chi connectivity index (χ2v) is 9.34. The highest BCUT2D eigenvalue weighted by Gasteiger charge is 2.22. The topological polar surface area (TPSA) is 79.8 Å². The third-order valence-electron chi connectivity index (χ3n) is 6.16. The molecule has 5 rings (SSSR count). The second-order valence-electron chi connectivity index (χ2n) is 9.34. The van der Waals surface area contributed by atoms with Crippen LogP contribution in [0.1, 0.15) is 25.7 Å². The molecule has 2 fully saturated rings. The van der Waals surface area contributed by atoms with Crippen molar-refractivity contribution in [1.29, 1.82) is 0 Å². The van der Waals surface area contributed by atoms with Crippen molar-refractivity contribution in [2.75, 3.05) is 52.9 Å². The zero-order valence-electron chi connectivity index (χ0n) is 21.3. The first kappa shape index (κ1) is 25.7. The molecule has 2 atom stereocenters. The smallest absolute Gasteiger partial charge is 0.119 e. The molecule has 0 amide bonds. The minimum absolute atomic E-state index is 0.333. The fourth-order valence-corrected chi connectivity index (χ4v) is 3.79. The number of hydrogen-bond donors (Lipinski definition) is 0. The van der Waals surface area contributed by atoms with Gasteiger partial charge in [-0.25, -0.2) is 4.68 Å². The molecule has 0 N–H and O–H groups in total. The van der Waals surface area contributed by atoms with E-state index in [4.69, 9.17) is 33.5 Å². The van der Waals surface area contributed by atoms with Gasteiger partial charge in [0, 0.05) is 25.0 Å². The van der Waals surface area contributed by atoms with E-state index in [0.717, 1.165) is 80.6 Å². The third kappa shape index (κ3) is 8.86. The summed E-state index contributed by atoms with van der Waals surface area (Å²) in [7, 11) is 0. The lowest BCUT2D eigenvalue weighted by molar-refractivity contribution is 0.110. The van der Waals surface area contributed by atoms with Gasteiger partial charge in [-0.15, -0.1) is 0 Å². The van der Waals surface area contributed by atoms with Crippen LogP contribution in [0, 0.1) is 0 Å². The monoisotopic (exact) mass is 508 g/mol. The summed E-state index contributed by atoms with van der Waals surface area (Å²) < 4.78 is 34.9. The van der Waals surface area contributed by atoms with Gasteiger partial charge < -0.3 is 28.4 Å². The largest absolute Gasteiger partial charge is 0.494 e. The zero-order valence-corrected chi connectivity index (χ0v) is 21.3. The van der Waals surface area contributed by atoms with Crippen LogP contribution in [0.15, 0.2) is 60.8 Å². The molecule has 8 nitrogen and oxygen atoms in total. The molecule has 0 radical (unpaired) electrons. The average molecular weight is 509 g/mol.